The van der Waals surface area contributed by atoms with Crippen LogP contribution in [0.3, 0.4) is 0 Å². The van der Waals surface area contributed by atoms with E-state index in [2.05, 4.69) is 4.72 Å². The van der Waals surface area contributed by atoms with Crippen LogP contribution in [0.2, 0.25) is 0 Å². The number of nitrogens with one attached hydrogen (secondary N) is 1. The highest BCUT2D eigenvalue weighted by Gasteiger charge is 2.45. The molecule has 0 amide bonds. The van der Waals surface area contributed by atoms with Crippen LogP contribution in [0, 0.1) is 0 Å². The van der Waals surface area contributed by atoms with Crippen molar-refractivity contribution in [2.45, 2.75) is 51.4 Å². The Labute approximate surface area is 102 Å². The first kappa shape index (κ1) is 14.8. The SMILES string of the molecule is CNS(=O)(=O)C[C@H]1O[C@@H](C)[C@H](F)[C@@H]1OC(C)C. The number of ether oxygens (including phenoxy) is 2. The molecule has 5 nitrogen and oxygen atoms in total. The van der Waals surface area contributed by atoms with Gasteiger partial charge in [0.15, 0.2) is 6.17 Å². The lowest BCUT2D eigenvalue weighted by Gasteiger charge is -2.22. The van der Waals surface area contributed by atoms with Gasteiger partial charge in [0.25, 0.3) is 0 Å². The Balaban J connectivity index is 2.76. The van der Waals surface area contributed by atoms with Crippen LogP contribution in [0.5, 0.6) is 0 Å². The number of hydrogen-bond donors (Lipinski definition) is 1. The van der Waals surface area contributed by atoms with Crippen LogP contribution >= 0.6 is 0 Å². The van der Waals surface area contributed by atoms with Crippen LogP contribution in [0.25, 0.3) is 0 Å². The minimum absolute atomic E-state index is 0.174. The fourth-order valence-electron chi connectivity index (χ4n) is 1.81. The largest absolute Gasteiger partial charge is 0.370 e. The molecular formula is C10H20FNO4S. The van der Waals surface area contributed by atoms with Crippen LogP contribution < -0.4 is 4.72 Å². The van der Waals surface area contributed by atoms with E-state index in [9.17, 15) is 12.8 Å². The maximum Gasteiger partial charge on any atom is 0.214 e. The van der Waals surface area contributed by atoms with E-state index in [0.29, 0.717) is 0 Å². The molecule has 0 bridgehead atoms. The van der Waals surface area contributed by atoms with Crippen molar-refractivity contribution in [1.29, 1.82) is 0 Å². The minimum atomic E-state index is -3.44. The van der Waals surface area contributed by atoms with E-state index in [-0.39, 0.29) is 11.9 Å². The molecule has 0 saturated carbocycles. The van der Waals surface area contributed by atoms with Crippen molar-refractivity contribution >= 4 is 10.0 Å². The summed E-state index contributed by atoms with van der Waals surface area (Å²) in [7, 11) is -2.12. The van der Waals surface area contributed by atoms with Gasteiger partial charge in [-0.05, 0) is 27.8 Å². The molecule has 1 aliphatic heterocycles. The molecule has 4 atom stereocenters. The normalized spacial score (nSPS) is 34.5. The molecule has 1 aliphatic rings. The standard InChI is InChI=1S/C10H20FNO4S/c1-6(2)15-10-8(5-17(13,14)12-4)16-7(3)9(10)11/h6-10,12H,5H2,1-4H3/t7-,8+,9-,10+/m0/s1. The average molecular weight is 269 g/mol. The molecule has 1 heterocycles. The van der Waals surface area contributed by atoms with Crippen LogP contribution in [0.15, 0.2) is 0 Å². The first-order chi connectivity index (χ1) is 7.76. The summed E-state index contributed by atoms with van der Waals surface area (Å²) in [5.74, 6) is -0.286. The first-order valence-corrected chi connectivity index (χ1v) is 7.28. The van der Waals surface area contributed by atoms with Gasteiger partial charge in [-0.3, -0.25) is 0 Å². The van der Waals surface area contributed by atoms with Gasteiger partial charge >= 0.3 is 0 Å². The smallest absolute Gasteiger partial charge is 0.214 e. The van der Waals surface area contributed by atoms with Gasteiger partial charge in [0.1, 0.15) is 12.2 Å². The zero-order chi connectivity index (χ0) is 13.2. The molecule has 0 aromatic carbocycles. The molecule has 0 aliphatic carbocycles. The fourth-order valence-corrected chi connectivity index (χ4v) is 2.68. The van der Waals surface area contributed by atoms with Gasteiger partial charge in [-0.15, -0.1) is 0 Å². The third-order valence-electron chi connectivity index (χ3n) is 2.64. The Morgan fingerprint density at radius 2 is 2.06 bits per heavy atom. The van der Waals surface area contributed by atoms with Gasteiger partial charge in [-0.2, -0.15) is 0 Å². The molecule has 7 heteroatoms. The Kier molecular flexibility index (Phi) is 4.88. The van der Waals surface area contributed by atoms with Gasteiger partial charge < -0.3 is 9.47 Å². The van der Waals surface area contributed by atoms with Gasteiger partial charge in [-0.1, -0.05) is 0 Å². The van der Waals surface area contributed by atoms with Crippen LogP contribution in [0.1, 0.15) is 20.8 Å². The topological polar surface area (TPSA) is 64.6 Å². The van der Waals surface area contributed by atoms with Crippen molar-refractivity contribution in [3.63, 3.8) is 0 Å². The number of halogens is 1. The summed E-state index contributed by atoms with van der Waals surface area (Å²) in [5.41, 5.74) is 0. The zero-order valence-electron chi connectivity index (χ0n) is 10.5. The molecule has 0 aromatic rings. The second kappa shape index (κ2) is 5.60. The predicted molar refractivity (Wildman–Crippen MR) is 62.1 cm³/mol. The second-order valence-corrected chi connectivity index (χ2v) is 6.43. The molecule has 0 unspecified atom stereocenters. The van der Waals surface area contributed by atoms with E-state index in [1.807, 2.05) is 0 Å². The average Bonchev–Trinajstić information content (AvgIpc) is 2.45. The van der Waals surface area contributed by atoms with E-state index in [0.717, 1.165) is 0 Å². The van der Waals surface area contributed by atoms with Crippen molar-refractivity contribution in [1.82, 2.24) is 4.72 Å². The highest BCUT2D eigenvalue weighted by Crippen LogP contribution is 2.28. The van der Waals surface area contributed by atoms with Gasteiger partial charge in [0.2, 0.25) is 10.0 Å². The Hall–Kier alpha value is -0.240. The van der Waals surface area contributed by atoms with Gasteiger partial charge in [0, 0.05) is 0 Å². The van der Waals surface area contributed by atoms with E-state index in [4.69, 9.17) is 9.47 Å². The van der Waals surface area contributed by atoms with E-state index >= 15 is 0 Å². The third kappa shape index (κ3) is 3.87. The minimum Gasteiger partial charge on any atom is -0.370 e. The van der Waals surface area contributed by atoms with Crippen molar-refractivity contribution in [3.05, 3.63) is 0 Å². The molecule has 1 fully saturated rings. The lowest BCUT2D eigenvalue weighted by molar-refractivity contribution is -0.0461. The van der Waals surface area contributed by atoms with Crippen molar-refractivity contribution < 1.29 is 22.3 Å². The molecule has 17 heavy (non-hydrogen) atoms. The van der Waals surface area contributed by atoms with E-state index in [1.165, 1.54) is 7.05 Å². The summed E-state index contributed by atoms with van der Waals surface area (Å²) in [6.07, 6.45) is -3.70. The molecule has 0 aromatic heterocycles. The summed E-state index contributed by atoms with van der Waals surface area (Å²) in [5, 5.41) is 0. The summed E-state index contributed by atoms with van der Waals surface area (Å²) in [6, 6.07) is 0. The lowest BCUT2D eigenvalue weighted by atomic mass is 10.1. The number of hydrogen-bond acceptors (Lipinski definition) is 4. The van der Waals surface area contributed by atoms with Gasteiger partial charge in [-0.25, -0.2) is 17.5 Å². The van der Waals surface area contributed by atoms with Crippen LogP contribution in [-0.2, 0) is 19.5 Å². The Morgan fingerprint density at radius 3 is 2.53 bits per heavy atom. The first-order valence-electron chi connectivity index (χ1n) is 5.63. The zero-order valence-corrected chi connectivity index (χ0v) is 11.3. The fraction of sp³-hybridized carbons (Fsp3) is 1.00. The molecule has 1 rings (SSSR count). The van der Waals surface area contributed by atoms with Crippen molar-refractivity contribution in [2.75, 3.05) is 12.8 Å². The Morgan fingerprint density at radius 1 is 1.47 bits per heavy atom. The second-order valence-electron chi connectivity index (χ2n) is 4.46. The number of rotatable bonds is 5. The lowest BCUT2D eigenvalue weighted by Crippen LogP contribution is -2.40. The monoisotopic (exact) mass is 269 g/mol. The van der Waals surface area contributed by atoms with E-state index < -0.39 is 34.5 Å². The quantitative estimate of drug-likeness (QED) is 0.787. The maximum absolute atomic E-state index is 13.8. The third-order valence-corrected chi connectivity index (χ3v) is 4.03. The maximum atomic E-state index is 13.8. The molecule has 1 saturated heterocycles. The summed E-state index contributed by atoms with van der Waals surface area (Å²) >= 11 is 0. The molecular weight excluding hydrogens is 249 g/mol. The molecule has 102 valence electrons. The summed E-state index contributed by atoms with van der Waals surface area (Å²) in [4.78, 5) is 0. The number of alkyl halides is 1. The van der Waals surface area contributed by atoms with Crippen LogP contribution in [0.4, 0.5) is 4.39 Å². The van der Waals surface area contributed by atoms with Crippen molar-refractivity contribution in [3.8, 4) is 0 Å². The van der Waals surface area contributed by atoms with E-state index in [1.54, 1.807) is 20.8 Å². The van der Waals surface area contributed by atoms with Crippen LogP contribution in [-0.4, -0.2) is 51.8 Å². The predicted octanol–water partition coefficient (Wildman–Crippen LogP) is 0.455. The molecule has 1 N–H and O–H groups in total. The Bertz CT molecular complexity index is 346. The summed E-state index contributed by atoms with van der Waals surface area (Å²) in [6.45, 7) is 5.13. The summed E-state index contributed by atoms with van der Waals surface area (Å²) < 4.78 is 49.6. The molecule has 0 spiro atoms. The van der Waals surface area contributed by atoms with Crippen molar-refractivity contribution in [2.24, 2.45) is 0 Å². The van der Waals surface area contributed by atoms with Gasteiger partial charge in [0.05, 0.1) is 18.0 Å². The highest BCUT2D eigenvalue weighted by molar-refractivity contribution is 7.89. The number of sulfonamides is 1. The highest BCUT2D eigenvalue weighted by atomic mass is 32.2. The molecule has 0 radical (unpaired) electrons.